The van der Waals surface area contributed by atoms with Gasteiger partial charge in [-0.25, -0.2) is 17.9 Å². The van der Waals surface area contributed by atoms with E-state index in [9.17, 15) is 13.2 Å². The molecule has 1 aliphatic heterocycles. The van der Waals surface area contributed by atoms with Crippen LogP contribution in [0.25, 0.3) is 0 Å². The number of aryl methyl sites for hydroxylation is 1. The van der Waals surface area contributed by atoms with Crippen LogP contribution < -0.4 is 4.72 Å². The molecule has 0 saturated heterocycles. The number of carbonyl (C=O) groups excluding carboxylic acids is 1. The molecule has 0 bridgehead atoms. The molecule has 1 aliphatic rings. The van der Waals surface area contributed by atoms with E-state index in [1.165, 1.54) is 19.4 Å². The fourth-order valence-corrected chi connectivity index (χ4v) is 3.42. The third kappa shape index (κ3) is 7.30. The zero-order chi connectivity index (χ0) is 21.2. The number of rotatable bonds is 4. The van der Waals surface area contributed by atoms with Crippen LogP contribution in [0.3, 0.4) is 0 Å². The summed E-state index contributed by atoms with van der Waals surface area (Å²) < 4.78 is 42.0. The normalized spacial score (nSPS) is 21.7. The molecule has 8 heteroatoms. The molecule has 0 aromatic heterocycles. The molecule has 0 saturated carbocycles. The van der Waals surface area contributed by atoms with Crippen molar-refractivity contribution in [3.63, 3.8) is 0 Å². The van der Waals surface area contributed by atoms with Gasteiger partial charge in [0.15, 0.2) is 0 Å². The maximum absolute atomic E-state index is 12.5. The Hall–Kier alpha value is -2.42. The fourth-order valence-electron chi connectivity index (χ4n) is 2.22. The number of carbonyl (C=O) groups is 1. The van der Waals surface area contributed by atoms with Crippen molar-refractivity contribution in [3.05, 3.63) is 65.7 Å². The summed E-state index contributed by atoms with van der Waals surface area (Å²) in [7, 11) is 0.843. The van der Waals surface area contributed by atoms with E-state index < -0.39 is 22.0 Å². The second kappa shape index (κ2) is 11.4. The fraction of sp³-hybridized carbons (Fsp3) is 0.350. The van der Waals surface area contributed by atoms with Gasteiger partial charge in [0, 0.05) is 20.3 Å². The van der Waals surface area contributed by atoms with Crippen molar-refractivity contribution < 1.29 is 27.4 Å². The minimum Gasteiger partial charge on any atom is -0.469 e. The van der Waals surface area contributed by atoms with E-state index in [1.54, 1.807) is 57.6 Å². The summed E-state index contributed by atoms with van der Waals surface area (Å²) >= 11 is 0. The second-order valence-corrected chi connectivity index (χ2v) is 7.71. The van der Waals surface area contributed by atoms with Gasteiger partial charge in [0.25, 0.3) is 0 Å². The summed E-state index contributed by atoms with van der Waals surface area (Å²) in [5.74, 6) is -0.175. The van der Waals surface area contributed by atoms with Crippen LogP contribution in [-0.2, 0) is 29.0 Å². The van der Waals surface area contributed by atoms with Crippen molar-refractivity contribution in [1.29, 1.82) is 0 Å². The molecular formula is C20H27NO6S. The minimum absolute atomic E-state index is 0.187. The first-order valence-electron chi connectivity index (χ1n) is 8.53. The lowest BCUT2D eigenvalue weighted by molar-refractivity contribution is -0.135. The van der Waals surface area contributed by atoms with Gasteiger partial charge in [0.05, 0.1) is 23.8 Å². The highest BCUT2D eigenvalue weighted by Gasteiger charge is 2.19. The molecule has 0 spiro atoms. The van der Waals surface area contributed by atoms with Gasteiger partial charge in [-0.05, 0) is 44.6 Å². The van der Waals surface area contributed by atoms with Crippen molar-refractivity contribution >= 4 is 16.0 Å². The van der Waals surface area contributed by atoms with Crippen LogP contribution in [0.15, 0.2) is 65.0 Å². The molecule has 28 heavy (non-hydrogen) atoms. The zero-order valence-corrected chi connectivity index (χ0v) is 17.6. The SMILES string of the molecule is COC.COC(=O)C1=C(\C)O/C=C/CC(NS(=O)(=O)c2ccc(C)cc2)\C=C\1. The number of esters is 1. The lowest BCUT2D eigenvalue weighted by Crippen LogP contribution is -2.33. The summed E-state index contributed by atoms with van der Waals surface area (Å²) in [6.45, 7) is 3.52. The Morgan fingerprint density at radius 2 is 1.75 bits per heavy atom. The first-order chi connectivity index (χ1) is 13.2. The molecule has 0 radical (unpaired) electrons. The van der Waals surface area contributed by atoms with Gasteiger partial charge in [-0.2, -0.15) is 0 Å². The van der Waals surface area contributed by atoms with Crippen LogP contribution in [-0.4, -0.2) is 41.8 Å². The average molecular weight is 410 g/mol. The molecule has 2 rings (SSSR count). The molecule has 154 valence electrons. The van der Waals surface area contributed by atoms with Crippen LogP contribution in [0.1, 0.15) is 18.9 Å². The summed E-state index contributed by atoms with van der Waals surface area (Å²) in [6, 6.07) is 6.06. The van der Waals surface area contributed by atoms with Crippen molar-refractivity contribution in [2.24, 2.45) is 0 Å². The van der Waals surface area contributed by atoms with Gasteiger partial charge in [0.2, 0.25) is 10.0 Å². The quantitative estimate of drug-likeness (QED) is 0.769. The number of nitrogens with one attached hydrogen (secondary N) is 1. The molecule has 0 fully saturated rings. The van der Waals surface area contributed by atoms with Gasteiger partial charge >= 0.3 is 5.97 Å². The van der Waals surface area contributed by atoms with Gasteiger partial charge in [-0.1, -0.05) is 23.8 Å². The third-order valence-corrected chi connectivity index (χ3v) is 5.15. The van der Waals surface area contributed by atoms with Gasteiger partial charge in [0.1, 0.15) is 5.76 Å². The molecular weight excluding hydrogens is 382 g/mol. The van der Waals surface area contributed by atoms with E-state index in [0.717, 1.165) is 5.56 Å². The van der Waals surface area contributed by atoms with E-state index in [1.807, 2.05) is 6.92 Å². The van der Waals surface area contributed by atoms with Crippen LogP contribution in [0, 0.1) is 6.92 Å². The van der Waals surface area contributed by atoms with Crippen molar-refractivity contribution in [1.82, 2.24) is 4.72 Å². The number of allylic oxidation sites excluding steroid dienone is 1. The Labute approximate surface area is 166 Å². The highest BCUT2D eigenvalue weighted by Crippen LogP contribution is 2.16. The lowest BCUT2D eigenvalue weighted by atomic mass is 10.1. The number of sulfonamides is 1. The first kappa shape index (κ1) is 23.6. The summed E-state index contributed by atoms with van der Waals surface area (Å²) in [6.07, 6.45) is 6.62. The highest BCUT2D eigenvalue weighted by atomic mass is 32.2. The number of benzene rings is 1. The molecule has 0 amide bonds. The number of hydrogen-bond acceptors (Lipinski definition) is 6. The molecule has 1 aromatic carbocycles. The third-order valence-electron chi connectivity index (χ3n) is 3.65. The Morgan fingerprint density at radius 1 is 1.14 bits per heavy atom. The monoisotopic (exact) mass is 409 g/mol. The maximum Gasteiger partial charge on any atom is 0.341 e. The molecule has 1 unspecified atom stereocenters. The largest absolute Gasteiger partial charge is 0.469 e. The van der Waals surface area contributed by atoms with E-state index >= 15 is 0 Å². The van der Waals surface area contributed by atoms with Gasteiger partial charge in [-0.3, -0.25) is 0 Å². The average Bonchev–Trinajstić information content (AvgIpc) is 2.73. The standard InChI is InChI=1S/C18H21NO5S.C2H6O/c1-13-6-9-16(10-7-13)25(21,22)19-15-5-4-12-24-14(2)17(11-8-15)18(20)23-3;1-3-2/h4,6-12,15,19H,5H2,1-3H3;1-2H3/b11-8+,12-4+,17-14+;. The summed E-state index contributed by atoms with van der Waals surface area (Å²) in [5, 5.41) is 0. The zero-order valence-electron chi connectivity index (χ0n) is 16.8. The molecule has 1 heterocycles. The molecule has 0 aliphatic carbocycles. The number of hydrogen-bond donors (Lipinski definition) is 1. The molecule has 1 atom stereocenters. The number of methoxy groups -OCH3 is 2. The lowest BCUT2D eigenvalue weighted by Gasteiger charge is -2.14. The van der Waals surface area contributed by atoms with Crippen molar-refractivity contribution in [2.45, 2.75) is 31.2 Å². The number of ether oxygens (including phenoxy) is 3. The van der Waals surface area contributed by atoms with Crippen molar-refractivity contribution in [2.75, 3.05) is 21.3 Å². The molecule has 7 nitrogen and oxygen atoms in total. The second-order valence-electron chi connectivity index (χ2n) is 5.99. The van der Waals surface area contributed by atoms with Gasteiger partial charge < -0.3 is 14.2 Å². The molecule has 1 aromatic rings. The highest BCUT2D eigenvalue weighted by molar-refractivity contribution is 7.89. The van der Waals surface area contributed by atoms with Gasteiger partial charge in [-0.15, -0.1) is 0 Å². The predicted octanol–water partition coefficient (Wildman–Crippen LogP) is 2.84. The van der Waals surface area contributed by atoms with Crippen LogP contribution in [0.2, 0.25) is 0 Å². The Kier molecular flexibility index (Phi) is 9.64. The van der Waals surface area contributed by atoms with Crippen LogP contribution in [0.4, 0.5) is 0 Å². The topological polar surface area (TPSA) is 90.9 Å². The summed E-state index contributed by atoms with van der Waals surface area (Å²) in [5.41, 5.74) is 1.21. The van der Waals surface area contributed by atoms with E-state index in [-0.39, 0.29) is 10.5 Å². The minimum atomic E-state index is -3.68. The predicted molar refractivity (Wildman–Crippen MR) is 107 cm³/mol. The Morgan fingerprint density at radius 3 is 2.32 bits per heavy atom. The van der Waals surface area contributed by atoms with E-state index in [0.29, 0.717) is 12.2 Å². The van der Waals surface area contributed by atoms with Crippen LogP contribution in [0.5, 0.6) is 0 Å². The Bertz CT molecular complexity index is 838. The smallest absolute Gasteiger partial charge is 0.341 e. The van der Waals surface area contributed by atoms with Crippen LogP contribution >= 0.6 is 0 Å². The summed E-state index contributed by atoms with van der Waals surface area (Å²) in [4.78, 5) is 12.0. The van der Waals surface area contributed by atoms with Crippen molar-refractivity contribution in [3.8, 4) is 0 Å². The Balaban J connectivity index is 0.00000122. The van der Waals surface area contributed by atoms with E-state index in [4.69, 9.17) is 9.47 Å². The maximum atomic E-state index is 12.5. The van der Waals surface area contributed by atoms with E-state index in [2.05, 4.69) is 9.46 Å². The molecule has 1 N–H and O–H groups in total. The first-order valence-corrected chi connectivity index (χ1v) is 10.0.